The molecule has 0 fully saturated rings. The van der Waals surface area contributed by atoms with Gasteiger partial charge in [0.2, 0.25) is 5.91 Å². The van der Waals surface area contributed by atoms with Gasteiger partial charge in [0.15, 0.2) is 11.5 Å². The summed E-state index contributed by atoms with van der Waals surface area (Å²) in [6.07, 6.45) is 0. The van der Waals surface area contributed by atoms with E-state index < -0.39 is 5.97 Å². The van der Waals surface area contributed by atoms with Crippen molar-refractivity contribution < 1.29 is 19.1 Å². The van der Waals surface area contributed by atoms with Crippen LogP contribution in [0.2, 0.25) is 5.02 Å². The van der Waals surface area contributed by atoms with Crippen LogP contribution in [0.5, 0.6) is 5.75 Å². The number of nitrogens with one attached hydrogen (secondary N) is 1. The third kappa shape index (κ3) is 3.97. The molecule has 7 heteroatoms. The molecule has 1 aliphatic heterocycles. The number of ether oxygens (including phenoxy) is 1. The minimum absolute atomic E-state index is 0.0474. The van der Waals surface area contributed by atoms with Gasteiger partial charge in [0.05, 0.1) is 12.2 Å². The van der Waals surface area contributed by atoms with Crippen LogP contribution >= 0.6 is 11.6 Å². The highest BCUT2D eigenvalue weighted by atomic mass is 35.5. The lowest BCUT2D eigenvalue weighted by molar-refractivity contribution is -0.133. The van der Waals surface area contributed by atoms with Crippen molar-refractivity contribution in [2.45, 2.75) is 6.92 Å². The molecule has 1 N–H and O–H groups in total. The highest BCUT2D eigenvalue weighted by molar-refractivity contribution is 6.31. The predicted octanol–water partition coefficient (Wildman–Crippen LogP) is 2.91. The van der Waals surface area contributed by atoms with Gasteiger partial charge in [0, 0.05) is 16.3 Å². The molecule has 2 aromatic carbocycles. The molecule has 6 nitrogen and oxygen atoms in total. The third-order valence-electron chi connectivity index (χ3n) is 3.69. The van der Waals surface area contributed by atoms with Gasteiger partial charge in [-0.15, -0.1) is 0 Å². The maximum atomic E-state index is 12.3. The van der Waals surface area contributed by atoms with Gasteiger partial charge in [0.1, 0.15) is 6.54 Å². The van der Waals surface area contributed by atoms with Gasteiger partial charge in [-0.25, -0.2) is 4.79 Å². The van der Waals surface area contributed by atoms with Crippen LogP contribution in [-0.2, 0) is 9.59 Å². The van der Waals surface area contributed by atoms with Crippen molar-refractivity contribution >= 4 is 40.6 Å². The van der Waals surface area contributed by atoms with E-state index in [0.717, 1.165) is 0 Å². The van der Waals surface area contributed by atoms with Crippen LogP contribution in [0.1, 0.15) is 17.3 Å². The molecule has 1 aliphatic rings. The molecule has 3 rings (SSSR count). The van der Waals surface area contributed by atoms with E-state index in [9.17, 15) is 14.4 Å². The number of nitrogens with zero attached hydrogens (tertiary/aromatic N) is 1. The average molecular weight is 359 g/mol. The predicted molar refractivity (Wildman–Crippen MR) is 94.4 cm³/mol. The summed E-state index contributed by atoms with van der Waals surface area (Å²) in [5.74, 6) is -0.479. The van der Waals surface area contributed by atoms with E-state index in [2.05, 4.69) is 5.32 Å². The van der Waals surface area contributed by atoms with Crippen molar-refractivity contribution in [3.8, 4) is 5.75 Å². The number of hydrogen-bond donors (Lipinski definition) is 1. The molecule has 0 saturated carbocycles. The lowest BCUT2D eigenvalue weighted by atomic mass is 10.1. The number of halogens is 1. The summed E-state index contributed by atoms with van der Waals surface area (Å²) < 4.78 is 5.15. The molecule has 0 spiro atoms. The van der Waals surface area contributed by atoms with Crippen LogP contribution in [0.3, 0.4) is 0 Å². The molecule has 1 amide bonds. The van der Waals surface area contributed by atoms with Crippen LogP contribution in [0, 0.1) is 0 Å². The number of carbonyl (C=O) groups excluding carboxylic acids is 3. The van der Waals surface area contributed by atoms with Crippen molar-refractivity contribution in [1.82, 2.24) is 0 Å². The zero-order chi connectivity index (χ0) is 18.0. The smallest absolute Gasteiger partial charge is 0.331 e. The van der Waals surface area contributed by atoms with E-state index in [1.807, 2.05) is 0 Å². The van der Waals surface area contributed by atoms with E-state index in [1.165, 1.54) is 6.92 Å². The van der Waals surface area contributed by atoms with Gasteiger partial charge >= 0.3 is 5.97 Å². The molecule has 25 heavy (non-hydrogen) atoms. The average Bonchev–Trinajstić information content (AvgIpc) is 2.55. The summed E-state index contributed by atoms with van der Waals surface area (Å²) in [5.41, 5.74) is 1.61. The SMILES string of the molecule is CC(=O)c1cccc(NC(=O)CN2CC(=O)Oc3ccc(Cl)cc32)c1. The highest BCUT2D eigenvalue weighted by Gasteiger charge is 2.26. The Morgan fingerprint density at radius 2 is 2.04 bits per heavy atom. The first-order valence-corrected chi connectivity index (χ1v) is 7.96. The van der Waals surface area contributed by atoms with E-state index in [4.69, 9.17) is 16.3 Å². The van der Waals surface area contributed by atoms with Gasteiger partial charge < -0.3 is 15.0 Å². The second kappa shape index (κ2) is 6.94. The van der Waals surface area contributed by atoms with Crippen molar-refractivity contribution in [3.63, 3.8) is 0 Å². The van der Waals surface area contributed by atoms with Crippen molar-refractivity contribution in [1.29, 1.82) is 0 Å². The number of carbonyl (C=O) groups is 3. The fraction of sp³-hybridized carbons (Fsp3) is 0.167. The summed E-state index contributed by atoms with van der Waals surface area (Å²) in [4.78, 5) is 37.1. The first-order chi connectivity index (χ1) is 11.9. The molecule has 0 atom stereocenters. The molecule has 0 saturated heterocycles. The van der Waals surface area contributed by atoms with E-state index in [1.54, 1.807) is 47.4 Å². The maximum absolute atomic E-state index is 12.3. The summed E-state index contributed by atoms with van der Waals surface area (Å²) in [6, 6.07) is 11.5. The Morgan fingerprint density at radius 3 is 2.80 bits per heavy atom. The molecule has 0 aromatic heterocycles. The Labute approximate surface area is 149 Å². The van der Waals surface area contributed by atoms with Crippen LogP contribution in [-0.4, -0.2) is 30.7 Å². The lowest BCUT2D eigenvalue weighted by Gasteiger charge is -2.29. The topological polar surface area (TPSA) is 75.7 Å². The van der Waals surface area contributed by atoms with Crippen LogP contribution in [0.4, 0.5) is 11.4 Å². The zero-order valence-corrected chi connectivity index (χ0v) is 14.2. The number of hydrogen-bond acceptors (Lipinski definition) is 5. The minimum Gasteiger partial charge on any atom is -0.423 e. The van der Waals surface area contributed by atoms with Gasteiger partial charge in [-0.1, -0.05) is 23.7 Å². The maximum Gasteiger partial charge on any atom is 0.331 e. The number of Topliss-reactive ketones (excluding diaryl/α,β-unsaturated/α-hetero) is 1. The van der Waals surface area contributed by atoms with Crippen molar-refractivity contribution in [2.24, 2.45) is 0 Å². The van der Waals surface area contributed by atoms with E-state index in [-0.39, 0.29) is 24.8 Å². The summed E-state index contributed by atoms with van der Waals surface area (Å²) >= 11 is 5.99. The number of esters is 1. The first kappa shape index (κ1) is 17.0. The fourth-order valence-corrected chi connectivity index (χ4v) is 2.72. The molecule has 1 heterocycles. The number of amides is 1. The summed E-state index contributed by atoms with van der Waals surface area (Å²) in [6.45, 7) is 1.36. The van der Waals surface area contributed by atoms with Gasteiger partial charge in [0.25, 0.3) is 0 Å². The molecular formula is C18H15ClN2O4. The Bertz CT molecular complexity index is 866. The second-order valence-corrected chi connectivity index (χ2v) is 6.06. The number of benzene rings is 2. The lowest BCUT2D eigenvalue weighted by Crippen LogP contribution is -2.41. The van der Waals surface area contributed by atoms with Crippen LogP contribution in [0.15, 0.2) is 42.5 Å². The molecule has 0 unspecified atom stereocenters. The Morgan fingerprint density at radius 1 is 1.24 bits per heavy atom. The molecule has 0 aliphatic carbocycles. The van der Waals surface area contributed by atoms with E-state index >= 15 is 0 Å². The Kier molecular flexibility index (Phi) is 4.72. The minimum atomic E-state index is -0.443. The van der Waals surface area contributed by atoms with Gasteiger partial charge in [-0.05, 0) is 37.3 Å². The molecular weight excluding hydrogens is 344 g/mol. The monoisotopic (exact) mass is 358 g/mol. The van der Waals surface area contributed by atoms with Crippen molar-refractivity contribution in [2.75, 3.05) is 23.3 Å². The normalized spacial score (nSPS) is 13.0. The number of ketones is 1. The van der Waals surface area contributed by atoms with Crippen LogP contribution in [0.25, 0.3) is 0 Å². The molecule has 0 bridgehead atoms. The van der Waals surface area contributed by atoms with Gasteiger partial charge in [-0.2, -0.15) is 0 Å². The molecule has 2 aromatic rings. The Hall–Kier alpha value is -2.86. The highest BCUT2D eigenvalue weighted by Crippen LogP contribution is 2.34. The van der Waals surface area contributed by atoms with E-state index in [0.29, 0.717) is 27.7 Å². The zero-order valence-electron chi connectivity index (χ0n) is 13.4. The standard InChI is InChI=1S/C18H15ClN2O4/c1-11(22)12-3-2-4-14(7-12)20-17(23)9-21-10-18(24)25-16-6-5-13(19)8-15(16)21/h2-8H,9-10H2,1H3,(H,20,23). The quantitative estimate of drug-likeness (QED) is 0.516. The number of anilines is 2. The number of fused-ring (bicyclic) bond motifs is 1. The summed E-state index contributed by atoms with van der Waals surface area (Å²) in [5, 5.41) is 3.21. The fourth-order valence-electron chi connectivity index (χ4n) is 2.55. The first-order valence-electron chi connectivity index (χ1n) is 7.58. The largest absolute Gasteiger partial charge is 0.423 e. The number of rotatable bonds is 4. The molecule has 0 radical (unpaired) electrons. The van der Waals surface area contributed by atoms with Gasteiger partial charge in [-0.3, -0.25) is 9.59 Å². The second-order valence-electron chi connectivity index (χ2n) is 5.63. The Balaban J connectivity index is 1.75. The van der Waals surface area contributed by atoms with Crippen molar-refractivity contribution in [3.05, 3.63) is 53.1 Å². The summed E-state index contributed by atoms with van der Waals surface area (Å²) in [7, 11) is 0. The molecule has 128 valence electrons. The third-order valence-corrected chi connectivity index (χ3v) is 3.93. The van der Waals surface area contributed by atoms with Crippen LogP contribution < -0.4 is 15.0 Å².